The van der Waals surface area contributed by atoms with Gasteiger partial charge in [-0.15, -0.1) is 0 Å². The Kier molecular flexibility index (Phi) is 7.66. The van der Waals surface area contributed by atoms with Crippen molar-refractivity contribution >= 4 is 11.6 Å². The maximum atomic E-state index is 11.6. The van der Waals surface area contributed by atoms with E-state index < -0.39 is 0 Å². The van der Waals surface area contributed by atoms with Crippen molar-refractivity contribution in [1.29, 1.82) is 0 Å². The Bertz CT molecular complexity index is 380. The lowest BCUT2D eigenvalue weighted by atomic mass is 10.1. The predicted molar refractivity (Wildman–Crippen MR) is 77.9 cm³/mol. The minimum atomic E-state index is 0.0814. The zero-order valence-electron chi connectivity index (χ0n) is 11.7. The molecule has 0 unspecified atom stereocenters. The number of ether oxygens (including phenoxy) is 1. The summed E-state index contributed by atoms with van der Waals surface area (Å²) in [5.41, 5.74) is 7.53. The first-order chi connectivity index (χ1) is 9.22. The molecule has 0 saturated heterocycles. The molecule has 0 aliphatic rings. The molecule has 0 aliphatic heterocycles. The van der Waals surface area contributed by atoms with E-state index in [9.17, 15) is 4.79 Å². The van der Waals surface area contributed by atoms with Crippen molar-refractivity contribution in [3.8, 4) is 0 Å². The standard InChI is InChI=1S/C15H24N2O2/c1-2-10-19-11-4-9-17-15(18)8-7-13-5-3-6-14(16)12-13/h3,5-6,12H,2,4,7-11,16H2,1H3,(H,17,18). The minimum absolute atomic E-state index is 0.0814. The molecule has 1 aromatic carbocycles. The summed E-state index contributed by atoms with van der Waals surface area (Å²) in [6, 6.07) is 7.65. The molecule has 0 radical (unpaired) electrons. The summed E-state index contributed by atoms with van der Waals surface area (Å²) < 4.78 is 5.34. The number of anilines is 1. The summed E-state index contributed by atoms with van der Waals surface area (Å²) in [6.45, 7) is 4.27. The fourth-order valence-corrected chi connectivity index (χ4v) is 1.74. The van der Waals surface area contributed by atoms with Crippen LogP contribution in [0.1, 0.15) is 31.7 Å². The minimum Gasteiger partial charge on any atom is -0.399 e. The fraction of sp³-hybridized carbons (Fsp3) is 0.533. The molecule has 4 heteroatoms. The van der Waals surface area contributed by atoms with Crippen molar-refractivity contribution in [2.75, 3.05) is 25.5 Å². The summed E-state index contributed by atoms with van der Waals surface area (Å²) in [5, 5.41) is 2.89. The molecule has 1 rings (SSSR count). The summed E-state index contributed by atoms with van der Waals surface area (Å²) in [4.78, 5) is 11.6. The Morgan fingerprint density at radius 3 is 2.95 bits per heavy atom. The second kappa shape index (κ2) is 9.39. The average molecular weight is 264 g/mol. The number of nitrogen functional groups attached to an aromatic ring is 1. The Hall–Kier alpha value is -1.55. The van der Waals surface area contributed by atoms with Crippen LogP contribution in [0.5, 0.6) is 0 Å². The zero-order valence-corrected chi connectivity index (χ0v) is 11.7. The van der Waals surface area contributed by atoms with Crippen LogP contribution in [-0.4, -0.2) is 25.7 Å². The van der Waals surface area contributed by atoms with Crippen LogP contribution in [0.15, 0.2) is 24.3 Å². The number of hydrogen-bond acceptors (Lipinski definition) is 3. The van der Waals surface area contributed by atoms with E-state index in [4.69, 9.17) is 10.5 Å². The van der Waals surface area contributed by atoms with Gasteiger partial charge in [-0.25, -0.2) is 0 Å². The van der Waals surface area contributed by atoms with Crippen molar-refractivity contribution in [2.45, 2.75) is 32.6 Å². The summed E-state index contributed by atoms with van der Waals surface area (Å²) in [7, 11) is 0. The lowest BCUT2D eigenvalue weighted by Crippen LogP contribution is -2.25. The highest BCUT2D eigenvalue weighted by Crippen LogP contribution is 2.08. The van der Waals surface area contributed by atoms with Gasteiger partial charge in [0.25, 0.3) is 0 Å². The Labute approximate surface area is 115 Å². The van der Waals surface area contributed by atoms with Crippen LogP contribution in [0.2, 0.25) is 0 Å². The van der Waals surface area contributed by atoms with Gasteiger partial charge in [-0.1, -0.05) is 19.1 Å². The second-order valence-corrected chi connectivity index (χ2v) is 4.56. The lowest BCUT2D eigenvalue weighted by molar-refractivity contribution is -0.121. The molecule has 0 heterocycles. The lowest BCUT2D eigenvalue weighted by Gasteiger charge is -2.06. The number of aryl methyl sites for hydroxylation is 1. The molecule has 19 heavy (non-hydrogen) atoms. The molecule has 1 amide bonds. The molecule has 0 aliphatic carbocycles. The number of amides is 1. The van der Waals surface area contributed by atoms with E-state index in [1.54, 1.807) is 0 Å². The van der Waals surface area contributed by atoms with E-state index in [0.717, 1.165) is 37.1 Å². The Morgan fingerprint density at radius 1 is 1.37 bits per heavy atom. The zero-order chi connectivity index (χ0) is 13.9. The molecule has 1 aromatic rings. The molecular formula is C15H24N2O2. The molecule has 4 nitrogen and oxygen atoms in total. The third-order valence-electron chi connectivity index (χ3n) is 2.73. The van der Waals surface area contributed by atoms with Gasteiger partial charge in [-0.3, -0.25) is 4.79 Å². The SMILES string of the molecule is CCCOCCCNC(=O)CCc1cccc(N)c1. The summed E-state index contributed by atoms with van der Waals surface area (Å²) >= 11 is 0. The highest BCUT2D eigenvalue weighted by molar-refractivity contribution is 5.76. The second-order valence-electron chi connectivity index (χ2n) is 4.56. The summed E-state index contributed by atoms with van der Waals surface area (Å²) in [6.07, 6.45) is 3.12. The third kappa shape index (κ3) is 7.47. The highest BCUT2D eigenvalue weighted by Gasteiger charge is 2.02. The van der Waals surface area contributed by atoms with Crippen LogP contribution in [0.25, 0.3) is 0 Å². The largest absolute Gasteiger partial charge is 0.399 e. The smallest absolute Gasteiger partial charge is 0.220 e. The fourth-order valence-electron chi connectivity index (χ4n) is 1.74. The summed E-state index contributed by atoms with van der Waals surface area (Å²) in [5.74, 6) is 0.0814. The van der Waals surface area contributed by atoms with Gasteiger partial charge in [-0.05, 0) is 37.0 Å². The van der Waals surface area contributed by atoms with E-state index in [1.807, 2.05) is 24.3 Å². The quantitative estimate of drug-likeness (QED) is 0.530. The van der Waals surface area contributed by atoms with E-state index >= 15 is 0 Å². The van der Waals surface area contributed by atoms with Crippen LogP contribution in [0.3, 0.4) is 0 Å². The topological polar surface area (TPSA) is 64.3 Å². The van der Waals surface area contributed by atoms with Crippen molar-refractivity contribution in [3.05, 3.63) is 29.8 Å². The van der Waals surface area contributed by atoms with Gasteiger partial charge in [0.05, 0.1) is 0 Å². The van der Waals surface area contributed by atoms with Gasteiger partial charge >= 0.3 is 0 Å². The molecule has 3 N–H and O–H groups in total. The van der Waals surface area contributed by atoms with Gasteiger partial charge in [-0.2, -0.15) is 0 Å². The number of nitrogens with two attached hydrogens (primary N) is 1. The van der Waals surface area contributed by atoms with E-state index in [1.165, 1.54) is 0 Å². The van der Waals surface area contributed by atoms with E-state index in [-0.39, 0.29) is 5.91 Å². The van der Waals surface area contributed by atoms with Gasteiger partial charge in [0, 0.05) is 31.9 Å². The highest BCUT2D eigenvalue weighted by atomic mass is 16.5. The maximum absolute atomic E-state index is 11.6. The molecule has 0 bridgehead atoms. The number of rotatable bonds is 9. The Balaban J connectivity index is 2.08. The number of carbonyl (C=O) groups excluding carboxylic acids is 1. The number of carbonyl (C=O) groups is 1. The van der Waals surface area contributed by atoms with Crippen molar-refractivity contribution in [1.82, 2.24) is 5.32 Å². The van der Waals surface area contributed by atoms with E-state index in [2.05, 4.69) is 12.2 Å². The monoisotopic (exact) mass is 264 g/mol. The predicted octanol–water partition coefficient (Wildman–Crippen LogP) is 2.13. The van der Waals surface area contributed by atoms with Crippen molar-refractivity contribution < 1.29 is 9.53 Å². The van der Waals surface area contributed by atoms with Crippen LogP contribution in [0, 0.1) is 0 Å². The first-order valence-corrected chi connectivity index (χ1v) is 6.91. The molecule has 0 atom stereocenters. The molecule has 0 fully saturated rings. The molecule has 0 aromatic heterocycles. The number of benzene rings is 1. The van der Waals surface area contributed by atoms with Crippen LogP contribution < -0.4 is 11.1 Å². The van der Waals surface area contributed by atoms with Gasteiger partial charge in [0.1, 0.15) is 0 Å². The maximum Gasteiger partial charge on any atom is 0.220 e. The normalized spacial score (nSPS) is 10.4. The van der Waals surface area contributed by atoms with Crippen LogP contribution in [0.4, 0.5) is 5.69 Å². The van der Waals surface area contributed by atoms with Crippen LogP contribution in [-0.2, 0) is 16.0 Å². The van der Waals surface area contributed by atoms with Crippen molar-refractivity contribution in [2.24, 2.45) is 0 Å². The molecular weight excluding hydrogens is 240 g/mol. The van der Waals surface area contributed by atoms with Crippen LogP contribution >= 0.6 is 0 Å². The molecule has 0 spiro atoms. The third-order valence-corrected chi connectivity index (χ3v) is 2.73. The van der Waals surface area contributed by atoms with Gasteiger partial charge in [0.15, 0.2) is 0 Å². The molecule has 0 saturated carbocycles. The van der Waals surface area contributed by atoms with E-state index in [0.29, 0.717) is 19.6 Å². The number of hydrogen-bond donors (Lipinski definition) is 2. The van der Waals surface area contributed by atoms with Gasteiger partial charge < -0.3 is 15.8 Å². The molecule has 106 valence electrons. The van der Waals surface area contributed by atoms with Gasteiger partial charge in [0.2, 0.25) is 5.91 Å². The first kappa shape index (κ1) is 15.5. The van der Waals surface area contributed by atoms with Crippen molar-refractivity contribution in [3.63, 3.8) is 0 Å². The number of nitrogens with one attached hydrogen (secondary N) is 1. The Morgan fingerprint density at radius 2 is 2.21 bits per heavy atom. The first-order valence-electron chi connectivity index (χ1n) is 6.91. The average Bonchev–Trinajstić information content (AvgIpc) is 2.40.